The lowest BCUT2D eigenvalue weighted by atomic mass is 9.95. The van der Waals surface area contributed by atoms with Gasteiger partial charge in [0, 0.05) is 17.4 Å². The number of rotatable bonds is 7. The highest BCUT2D eigenvalue weighted by Crippen LogP contribution is 2.49. The van der Waals surface area contributed by atoms with Gasteiger partial charge in [-0.2, -0.15) is 0 Å². The van der Waals surface area contributed by atoms with E-state index in [4.69, 9.17) is 18.9 Å². The molecule has 1 aromatic carbocycles. The van der Waals surface area contributed by atoms with E-state index in [2.05, 4.69) is 10.2 Å². The highest BCUT2D eigenvalue weighted by atomic mass is 32.2. The fraction of sp³-hybridized carbons (Fsp3) is 0.550. The minimum absolute atomic E-state index is 0.116. The van der Waals surface area contributed by atoms with Crippen LogP contribution in [-0.2, 0) is 17.1 Å². The summed E-state index contributed by atoms with van der Waals surface area (Å²) in [6, 6.07) is 0.149. The smallest absolute Gasteiger partial charge is 0.344 e. The molecule has 30 heavy (non-hydrogen) atoms. The predicted octanol–water partition coefficient (Wildman–Crippen LogP) is 3.07. The Bertz CT molecular complexity index is 1010. The molecule has 4 rings (SSSR count). The van der Waals surface area contributed by atoms with Gasteiger partial charge in [0.05, 0.1) is 32.5 Å². The SMILES string of the molecule is COc1c2c(c(CSc3n[nH]c(=O)n3C3CCCCC3)c(OC)c1OC)C(=O)OC2. The fourth-order valence-corrected chi connectivity index (χ4v) is 5.36. The molecule has 2 heterocycles. The van der Waals surface area contributed by atoms with Crippen LogP contribution in [0, 0.1) is 0 Å². The van der Waals surface area contributed by atoms with E-state index in [1.54, 1.807) is 4.57 Å². The van der Waals surface area contributed by atoms with Crippen LogP contribution in [0.25, 0.3) is 0 Å². The summed E-state index contributed by atoms with van der Waals surface area (Å²) in [7, 11) is 4.56. The molecule has 2 aromatic rings. The molecule has 0 saturated heterocycles. The Morgan fingerprint density at radius 1 is 1.07 bits per heavy atom. The van der Waals surface area contributed by atoms with Crippen molar-refractivity contribution in [1.82, 2.24) is 14.8 Å². The molecular formula is C20H25N3O6S. The summed E-state index contributed by atoms with van der Waals surface area (Å²) in [6.45, 7) is 0.116. The van der Waals surface area contributed by atoms with E-state index < -0.39 is 5.97 Å². The lowest BCUT2D eigenvalue weighted by Crippen LogP contribution is -2.24. The highest BCUT2D eigenvalue weighted by molar-refractivity contribution is 7.98. The predicted molar refractivity (Wildman–Crippen MR) is 110 cm³/mol. The Kier molecular flexibility index (Phi) is 5.94. The summed E-state index contributed by atoms with van der Waals surface area (Å²) >= 11 is 1.38. The van der Waals surface area contributed by atoms with E-state index in [1.165, 1.54) is 39.5 Å². The van der Waals surface area contributed by atoms with Gasteiger partial charge in [-0.05, 0) is 12.8 Å². The molecule has 0 atom stereocenters. The maximum absolute atomic E-state index is 12.5. The normalized spacial score (nSPS) is 16.3. The van der Waals surface area contributed by atoms with E-state index >= 15 is 0 Å². The Morgan fingerprint density at radius 3 is 2.43 bits per heavy atom. The number of ether oxygens (including phenoxy) is 4. The minimum Gasteiger partial charge on any atom is -0.492 e. The molecule has 162 valence electrons. The minimum atomic E-state index is -0.424. The number of hydrogen-bond acceptors (Lipinski definition) is 8. The van der Waals surface area contributed by atoms with Crippen molar-refractivity contribution in [2.24, 2.45) is 0 Å². The number of fused-ring (bicyclic) bond motifs is 1. The van der Waals surface area contributed by atoms with Gasteiger partial charge in [0.25, 0.3) is 0 Å². The summed E-state index contributed by atoms with van der Waals surface area (Å²) in [5.74, 6) is 1.20. The number of aromatic nitrogens is 3. The molecule has 1 fully saturated rings. The molecule has 9 nitrogen and oxygen atoms in total. The fourth-order valence-electron chi connectivity index (χ4n) is 4.33. The quantitative estimate of drug-likeness (QED) is 0.523. The maximum Gasteiger partial charge on any atom is 0.344 e. The van der Waals surface area contributed by atoms with Crippen molar-refractivity contribution in [2.75, 3.05) is 21.3 Å². The average molecular weight is 436 g/mol. The first kappa shape index (κ1) is 20.6. The molecule has 0 bridgehead atoms. The van der Waals surface area contributed by atoms with E-state index in [-0.39, 0.29) is 18.3 Å². The third kappa shape index (κ3) is 3.42. The van der Waals surface area contributed by atoms with Crippen LogP contribution >= 0.6 is 11.8 Å². The first-order valence-electron chi connectivity index (χ1n) is 9.91. The van der Waals surface area contributed by atoms with Gasteiger partial charge in [-0.25, -0.2) is 14.7 Å². The number of carbonyl (C=O) groups excluding carboxylic acids is 1. The van der Waals surface area contributed by atoms with Gasteiger partial charge in [-0.1, -0.05) is 31.0 Å². The van der Waals surface area contributed by atoms with Crippen molar-refractivity contribution < 1.29 is 23.7 Å². The molecule has 1 N–H and O–H groups in total. The van der Waals surface area contributed by atoms with Gasteiger partial charge in [-0.3, -0.25) is 4.57 Å². The zero-order valence-electron chi connectivity index (χ0n) is 17.3. The molecule has 1 aliphatic carbocycles. The Hall–Kier alpha value is -2.62. The van der Waals surface area contributed by atoms with Crippen LogP contribution in [-0.4, -0.2) is 42.1 Å². The van der Waals surface area contributed by atoms with Crippen LogP contribution in [0.1, 0.15) is 59.6 Å². The Labute approximate surface area is 178 Å². The van der Waals surface area contributed by atoms with Crippen LogP contribution in [0.4, 0.5) is 0 Å². The number of nitrogens with one attached hydrogen (secondary N) is 1. The van der Waals surface area contributed by atoms with Crippen LogP contribution in [0.5, 0.6) is 17.2 Å². The second kappa shape index (κ2) is 8.63. The van der Waals surface area contributed by atoms with E-state index in [0.717, 1.165) is 25.7 Å². The number of cyclic esters (lactones) is 1. The van der Waals surface area contributed by atoms with Gasteiger partial charge in [0.1, 0.15) is 6.61 Å². The van der Waals surface area contributed by atoms with Crippen LogP contribution in [0.15, 0.2) is 9.95 Å². The van der Waals surface area contributed by atoms with Gasteiger partial charge in [0.15, 0.2) is 16.7 Å². The van der Waals surface area contributed by atoms with Crippen molar-refractivity contribution in [3.8, 4) is 17.2 Å². The topological polar surface area (TPSA) is 105 Å². The van der Waals surface area contributed by atoms with E-state index in [1.807, 2.05) is 0 Å². The monoisotopic (exact) mass is 435 g/mol. The first-order valence-corrected chi connectivity index (χ1v) is 10.9. The van der Waals surface area contributed by atoms with Crippen molar-refractivity contribution in [3.05, 3.63) is 27.2 Å². The number of nitrogens with zero attached hydrogens (tertiary/aromatic N) is 2. The number of H-pyrrole nitrogens is 1. The number of hydrogen-bond donors (Lipinski definition) is 1. The van der Waals surface area contributed by atoms with Gasteiger partial charge < -0.3 is 18.9 Å². The van der Waals surface area contributed by atoms with Crippen molar-refractivity contribution in [2.45, 2.75) is 55.7 Å². The number of methoxy groups -OCH3 is 3. The molecule has 0 spiro atoms. The van der Waals surface area contributed by atoms with Crippen LogP contribution in [0.2, 0.25) is 0 Å². The molecule has 1 aliphatic heterocycles. The number of thioether (sulfide) groups is 1. The Balaban J connectivity index is 1.72. The number of carbonyl (C=O) groups is 1. The summed E-state index contributed by atoms with van der Waals surface area (Å²) in [5, 5.41) is 7.40. The molecule has 1 saturated carbocycles. The summed E-state index contributed by atoms with van der Waals surface area (Å²) in [5.41, 5.74) is 1.51. The second-order valence-corrected chi connectivity index (χ2v) is 8.21. The van der Waals surface area contributed by atoms with E-state index in [0.29, 0.717) is 44.8 Å². The average Bonchev–Trinajstić information content (AvgIpc) is 3.34. The van der Waals surface area contributed by atoms with Gasteiger partial charge in [-0.15, -0.1) is 5.10 Å². The highest BCUT2D eigenvalue weighted by Gasteiger charge is 2.35. The molecule has 1 aromatic heterocycles. The lowest BCUT2D eigenvalue weighted by molar-refractivity contribution is 0.0533. The van der Waals surface area contributed by atoms with Crippen LogP contribution < -0.4 is 19.9 Å². The Morgan fingerprint density at radius 2 is 1.77 bits per heavy atom. The molecule has 2 aliphatic rings. The molecule has 0 unspecified atom stereocenters. The van der Waals surface area contributed by atoms with Crippen molar-refractivity contribution in [3.63, 3.8) is 0 Å². The van der Waals surface area contributed by atoms with Gasteiger partial charge in [0.2, 0.25) is 5.75 Å². The molecule has 0 radical (unpaired) electrons. The van der Waals surface area contributed by atoms with Crippen LogP contribution in [0.3, 0.4) is 0 Å². The lowest BCUT2D eigenvalue weighted by Gasteiger charge is -2.23. The van der Waals surface area contributed by atoms with E-state index in [9.17, 15) is 9.59 Å². The first-order chi connectivity index (χ1) is 14.6. The zero-order valence-corrected chi connectivity index (χ0v) is 18.1. The largest absolute Gasteiger partial charge is 0.492 e. The standard InChI is InChI=1S/C20H25N3O6S/c1-26-15-12-9-29-18(24)14(12)13(16(27-2)17(15)28-3)10-30-20-22-21-19(25)23(20)11-7-5-4-6-8-11/h11H,4-10H2,1-3H3,(H,21,25). The molecule has 10 heteroatoms. The number of aromatic amines is 1. The van der Waals surface area contributed by atoms with Gasteiger partial charge >= 0.3 is 11.7 Å². The summed E-state index contributed by atoms with van der Waals surface area (Å²) in [6.07, 6.45) is 5.34. The third-order valence-corrected chi connectivity index (χ3v) is 6.67. The molecular weight excluding hydrogens is 410 g/mol. The summed E-state index contributed by atoms with van der Waals surface area (Å²) < 4.78 is 23.6. The van der Waals surface area contributed by atoms with Crippen molar-refractivity contribution >= 4 is 17.7 Å². The maximum atomic E-state index is 12.5. The van der Waals surface area contributed by atoms with Crippen molar-refractivity contribution in [1.29, 1.82) is 0 Å². The number of benzene rings is 1. The second-order valence-electron chi connectivity index (χ2n) is 7.27. The number of esters is 1. The molecule has 0 amide bonds. The zero-order chi connectivity index (χ0) is 21.3. The third-order valence-electron chi connectivity index (χ3n) is 5.69. The summed E-state index contributed by atoms with van der Waals surface area (Å²) in [4.78, 5) is 24.9.